The second-order valence-corrected chi connectivity index (χ2v) is 15.9. The molecule has 64 heavy (non-hydrogen) atoms. The summed E-state index contributed by atoms with van der Waals surface area (Å²) in [7, 11) is 0. The van der Waals surface area contributed by atoms with E-state index in [0.29, 0.717) is 34.6 Å². The number of rotatable bonds is 13. The standard InChI is InChI=1S/C57H49F2N5/c1-3-5-18-41(4-2)54-33-29-48(39-60-54)62(43-21-12-7-13-22-43)46-27-31-50(52(58)37-46)56-35-36-57(64(56)45-25-16-9-17-26-45)51-32-28-47(38-53(51)59)63(44-23-14-8-15-24-44)49-30-34-55(61-40-49)42-19-10-6-11-20-42/h3-10,12-19,21-23,25-27,29-40,44,47H,1,11,20,24,28H2,2H3/b18-5-,41-4+. The minimum atomic E-state index is -0.412. The molecule has 0 bridgehead atoms. The molecule has 6 aromatic rings. The molecule has 3 aromatic carbocycles. The van der Waals surface area contributed by atoms with Crippen molar-refractivity contribution in [2.45, 2.75) is 44.7 Å². The average molecular weight is 842 g/mol. The number of allylic oxidation sites excluding steroid dienone is 13. The lowest BCUT2D eigenvalue weighted by Gasteiger charge is -2.38. The van der Waals surface area contributed by atoms with Crippen molar-refractivity contribution in [1.82, 2.24) is 14.5 Å². The smallest absolute Gasteiger partial charge is 0.134 e. The summed E-state index contributed by atoms with van der Waals surface area (Å²) in [6.45, 7) is 5.76. The van der Waals surface area contributed by atoms with Crippen LogP contribution >= 0.6 is 0 Å². The molecular weight excluding hydrogens is 793 g/mol. The van der Waals surface area contributed by atoms with Crippen LogP contribution in [0.4, 0.5) is 31.5 Å². The van der Waals surface area contributed by atoms with E-state index in [-0.39, 0.29) is 17.9 Å². The number of hydrogen-bond donors (Lipinski definition) is 0. The zero-order valence-corrected chi connectivity index (χ0v) is 35.8. The van der Waals surface area contributed by atoms with Crippen LogP contribution < -0.4 is 9.80 Å². The zero-order valence-electron chi connectivity index (χ0n) is 35.8. The summed E-state index contributed by atoms with van der Waals surface area (Å²) in [5, 5.41) is 0. The molecule has 2 unspecified atom stereocenters. The van der Waals surface area contributed by atoms with Crippen molar-refractivity contribution in [2.24, 2.45) is 0 Å². The fourth-order valence-corrected chi connectivity index (χ4v) is 8.81. The summed E-state index contributed by atoms with van der Waals surface area (Å²) >= 11 is 0. The molecule has 3 aliphatic rings. The highest BCUT2D eigenvalue weighted by molar-refractivity contribution is 5.83. The van der Waals surface area contributed by atoms with Gasteiger partial charge in [-0.2, -0.15) is 0 Å². The maximum atomic E-state index is 16.9. The molecule has 316 valence electrons. The minimum absolute atomic E-state index is 0.0357. The third-order valence-corrected chi connectivity index (χ3v) is 11.9. The third kappa shape index (κ3) is 8.70. The van der Waals surface area contributed by atoms with Gasteiger partial charge in [0.2, 0.25) is 0 Å². The van der Waals surface area contributed by atoms with Gasteiger partial charge in [0.1, 0.15) is 11.6 Å². The number of halogens is 2. The van der Waals surface area contributed by atoms with Crippen LogP contribution in [0.3, 0.4) is 0 Å². The van der Waals surface area contributed by atoms with Gasteiger partial charge in [-0.05, 0) is 129 Å². The molecule has 0 radical (unpaired) electrons. The molecule has 2 atom stereocenters. The highest BCUT2D eigenvalue weighted by Crippen LogP contribution is 2.41. The van der Waals surface area contributed by atoms with Gasteiger partial charge in [0, 0.05) is 28.2 Å². The highest BCUT2D eigenvalue weighted by Gasteiger charge is 2.30. The molecular formula is C57H49F2N5. The Bertz CT molecular complexity index is 2880. The number of para-hydroxylation sites is 2. The molecule has 0 N–H and O–H groups in total. The molecule has 3 heterocycles. The maximum absolute atomic E-state index is 16.9. The van der Waals surface area contributed by atoms with E-state index < -0.39 is 5.82 Å². The monoisotopic (exact) mass is 841 g/mol. The van der Waals surface area contributed by atoms with E-state index in [1.54, 1.807) is 30.5 Å². The van der Waals surface area contributed by atoms with E-state index in [1.807, 2.05) is 138 Å². The Labute approximate surface area is 374 Å². The van der Waals surface area contributed by atoms with Crippen LogP contribution in [-0.2, 0) is 0 Å². The Hall–Kier alpha value is -7.64. The molecule has 3 aromatic heterocycles. The SMILES string of the molecule is C=C/C=C\C(=C/C)c1ccc(N(c2ccccc2)c2ccc(-c3ccc(C4=CCC(N(c5ccc(C6=CC=CCC6)nc5)C5C=CC=CC5)C=C4F)n3-c3ccccc3)c(F)c2)cn1. The summed E-state index contributed by atoms with van der Waals surface area (Å²) in [4.78, 5) is 13.9. The van der Waals surface area contributed by atoms with Crippen molar-refractivity contribution in [2.75, 3.05) is 9.80 Å². The summed E-state index contributed by atoms with van der Waals surface area (Å²) in [6, 6.07) is 36.6. The van der Waals surface area contributed by atoms with E-state index >= 15 is 8.78 Å². The number of hydrogen-bond acceptors (Lipinski definition) is 4. The minimum Gasteiger partial charge on any atom is -0.357 e. The molecule has 0 saturated heterocycles. The van der Waals surface area contributed by atoms with E-state index in [2.05, 4.69) is 66.1 Å². The highest BCUT2D eigenvalue weighted by atomic mass is 19.1. The first-order valence-electron chi connectivity index (χ1n) is 21.9. The van der Waals surface area contributed by atoms with Crippen molar-refractivity contribution < 1.29 is 8.78 Å². The van der Waals surface area contributed by atoms with Gasteiger partial charge in [0.15, 0.2) is 0 Å². The van der Waals surface area contributed by atoms with Crippen LogP contribution in [0.5, 0.6) is 0 Å². The normalized spacial score (nSPS) is 17.2. The molecule has 0 saturated carbocycles. The lowest BCUT2D eigenvalue weighted by Crippen LogP contribution is -2.42. The lowest BCUT2D eigenvalue weighted by atomic mass is 9.95. The number of anilines is 4. The molecule has 3 aliphatic carbocycles. The molecule has 7 heteroatoms. The van der Waals surface area contributed by atoms with Crippen LogP contribution in [0.2, 0.25) is 0 Å². The van der Waals surface area contributed by atoms with E-state index in [9.17, 15) is 0 Å². The lowest BCUT2D eigenvalue weighted by molar-refractivity contribution is 0.586. The van der Waals surface area contributed by atoms with Gasteiger partial charge < -0.3 is 14.4 Å². The van der Waals surface area contributed by atoms with Gasteiger partial charge in [-0.1, -0.05) is 116 Å². The Balaban J connectivity index is 1.05. The molecule has 0 fully saturated rings. The van der Waals surface area contributed by atoms with Crippen LogP contribution in [-0.4, -0.2) is 26.6 Å². The van der Waals surface area contributed by atoms with E-state index in [1.165, 1.54) is 5.57 Å². The van der Waals surface area contributed by atoms with Gasteiger partial charge in [0.05, 0.1) is 58.6 Å². The van der Waals surface area contributed by atoms with E-state index in [0.717, 1.165) is 59.0 Å². The first-order valence-corrected chi connectivity index (χ1v) is 21.9. The predicted molar refractivity (Wildman–Crippen MR) is 262 cm³/mol. The third-order valence-electron chi connectivity index (χ3n) is 11.9. The Morgan fingerprint density at radius 1 is 0.750 bits per heavy atom. The zero-order chi connectivity index (χ0) is 43.8. The quantitative estimate of drug-likeness (QED) is 0.109. The first-order chi connectivity index (χ1) is 31.5. The summed E-state index contributed by atoms with van der Waals surface area (Å²) < 4.78 is 35.8. The van der Waals surface area contributed by atoms with Crippen molar-refractivity contribution in [3.05, 3.63) is 242 Å². The summed E-state index contributed by atoms with van der Waals surface area (Å²) in [5.41, 5.74) is 10.1. The molecule has 0 spiro atoms. The van der Waals surface area contributed by atoms with Gasteiger partial charge >= 0.3 is 0 Å². The number of benzene rings is 3. The van der Waals surface area contributed by atoms with E-state index in [4.69, 9.17) is 9.97 Å². The Morgan fingerprint density at radius 3 is 2.20 bits per heavy atom. The molecule has 5 nitrogen and oxygen atoms in total. The van der Waals surface area contributed by atoms with Crippen molar-refractivity contribution in [1.29, 1.82) is 0 Å². The van der Waals surface area contributed by atoms with Crippen LogP contribution in [0.1, 0.15) is 49.7 Å². The number of aromatic nitrogens is 3. The Morgan fingerprint density at radius 2 is 1.53 bits per heavy atom. The number of pyridine rings is 2. The van der Waals surface area contributed by atoms with Crippen LogP contribution in [0.25, 0.3) is 33.7 Å². The largest absolute Gasteiger partial charge is 0.357 e. The average Bonchev–Trinajstić information content (AvgIpc) is 3.78. The summed E-state index contributed by atoms with van der Waals surface area (Å²) in [6.07, 6.45) is 33.2. The Kier molecular flexibility index (Phi) is 12.5. The van der Waals surface area contributed by atoms with Gasteiger partial charge in [0.25, 0.3) is 0 Å². The predicted octanol–water partition coefficient (Wildman–Crippen LogP) is 14.8. The first kappa shape index (κ1) is 41.7. The molecule has 0 aliphatic heterocycles. The van der Waals surface area contributed by atoms with Crippen LogP contribution in [0, 0.1) is 5.82 Å². The topological polar surface area (TPSA) is 37.2 Å². The number of nitrogens with zero attached hydrogens (tertiary/aromatic N) is 5. The summed E-state index contributed by atoms with van der Waals surface area (Å²) in [5.74, 6) is -0.736. The van der Waals surface area contributed by atoms with Crippen molar-refractivity contribution >= 4 is 39.5 Å². The van der Waals surface area contributed by atoms with Gasteiger partial charge in [-0.15, -0.1) is 0 Å². The van der Waals surface area contributed by atoms with Crippen molar-refractivity contribution in [3.63, 3.8) is 0 Å². The molecule has 0 amide bonds. The fourth-order valence-electron chi connectivity index (χ4n) is 8.81. The van der Waals surface area contributed by atoms with Crippen molar-refractivity contribution in [3.8, 4) is 16.9 Å². The second kappa shape index (κ2) is 19.2. The maximum Gasteiger partial charge on any atom is 0.134 e. The fraction of sp³-hybridized carbons (Fsp3) is 0.123. The van der Waals surface area contributed by atoms with Gasteiger partial charge in [-0.3, -0.25) is 9.97 Å². The van der Waals surface area contributed by atoms with Gasteiger partial charge in [-0.25, -0.2) is 8.78 Å². The van der Waals surface area contributed by atoms with Crippen LogP contribution in [0.15, 0.2) is 219 Å². The molecule has 9 rings (SSSR count). The second-order valence-electron chi connectivity index (χ2n) is 15.9.